The number of urea groups is 1. The van der Waals surface area contributed by atoms with Crippen LogP contribution in [0.15, 0.2) is 30.3 Å². The lowest BCUT2D eigenvalue weighted by Crippen LogP contribution is -2.51. The molecule has 24 heavy (non-hydrogen) atoms. The average molecular weight is 331 g/mol. The molecule has 0 saturated carbocycles. The maximum absolute atomic E-state index is 12.4. The van der Waals surface area contributed by atoms with Gasteiger partial charge in [0.2, 0.25) is 5.91 Å². The minimum Gasteiger partial charge on any atom is -0.367 e. The summed E-state index contributed by atoms with van der Waals surface area (Å²) in [7, 11) is 0. The zero-order chi connectivity index (χ0) is 16.9. The van der Waals surface area contributed by atoms with E-state index >= 15 is 0 Å². The van der Waals surface area contributed by atoms with E-state index in [1.807, 2.05) is 42.2 Å². The Hall–Kier alpha value is -2.08. The summed E-state index contributed by atoms with van der Waals surface area (Å²) >= 11 is 0. The van der Waals surface area contributed by atoms with Crippen LogP contribution >= 0.6 is 0 Å². The maximum Gasteiger partial charge on any atom is 0.318 e. The Morgan fingerprint density at radius 3 is 2.54 bits per heavy atom. The molecule has 130 valence electrons. The molecule has 2 saturated heterocycles. The number of carbonyl (C=O) groups is 2. The van der Waals surface area contributed by atoms with Gasteiger partial charge in [0.1, 0.15) is 6.10 Å². The highest BCUT2D eigenvalue weighted by molar-refractivity contribution is 5.84. The van der Waals surface area contributed by atoms with Crippen molar-refractivity contribution in [3.63, 3.8) is 0 Å². The van der Waals surface area contributed by atoms with Gasteiger partial charge < -0.3 is 19.9 Å². The van der Waals surface area contributed by atoms with E-state index < -0.39 is 0 Å². The van der Waals surface area contributed by atoms with Crippen LogP contribution in [0.3, 0.4) is 0 Å². The van der Waals surface area contributed by atoms with Gasteiger partial charge in [-0.2, -0.15) is 0 Å². The van der Waals surface area contributed by atoms with E-state index in [1.165, 1.54) is 0 Å². The summed E-state index contributed by atoms with van der Waals surface area (Å²) in [6.07, 6.45) is 1.94. The molecule has 1 aromatic rings. The molecular formula is C18H25N3O3. The van der Waals surface area contributed by atoms with Gasteiger partial charge in [-0.3, -0.25) is 4.79 Å². The summed E-state index contributed by atoms with van der Waals surface area (Å²) < 4.78 is 5.96. The molecular weight excluding hydrogens is 306 g/mol. The van der Waals surface area contributed by atoms with Crippen LogP contribution in [0.5, 0.6) is 0 Å². The number of hydrogen-bond acceptors (Lipinski definition) is 3. The van der Waals surface area contributed by atoms with Crippen molar-refractivity contribution in [1.29, 1.82) is 0 Å². The molecule has 6 heteroatoms. The number of nitrogens with zero attached hydrogens (tertiary/aromatic N) is 2. The predicted octanol–water partition coefficient (Wildman–Crippen LogP) is 1.78. The fraction of sp³-hybridized carbons (Fsp3) is 0.556. The Balaban J connectivity index is 1.54. The average Bonchev–Trinajstić information content (AvgIpc) is 3.14. The van der Waals surface area contributed by atoms with Crippen LogP contribution < -0.4 is 5.32 Å². The number of ether oxygens (including phenoxy) is 1. The minimum absolute atomic E-state index is 0.00164. The largest absolute Gasteiger partial charge is 0.367 e. The van der Waals surface area contributed by atoms with Gasteiger partial charge in [0, 0.05) is 19.6 Å². The van der Waals surface area contributed by atoms with Crippen molar-refractivity contribution in [3.05, 3.63) is 35.9 Å². The lowest BCUT2D eigenvalue weighted by atomic mass is 10.1. The highest BCUT2D eigenvalue weighted by Crippen LogP contribution is 2.24. The van der Waals surface area contributed by atoms with Crippen molar-refractivity contribution in [3.8, 4) is 0 Å². The third-order valence-corrected chi connectivity index (χ3v) is 4.57. The van der Waals surface area contributed by atoms with Gasteiger partial charge in [0.05, 0.1) is 19.2 Å². The van der Waals surface area contributed by atoms with E-state index in [9.17, 15) is 9.59 Å². The first kappa shape index (κ1) is 16.8. The Morgan fingerprint density at radius 1 is 1.12 bits per heavy atom. The van der Waals surface area contributed by atoms with Gasteiger partial charge in [-0.25, -0.2) is 4.79 Å². The van der Waals surface area contributed by atoms with Crippen molar-refractivity contribution in [2.45, 2.75) is 32.0 Å². The lowest BCUT2D eigenvalue weighted by Gasteiger charge is -2.37. The predicted molar refractivity (Wildman–Crippen MR) is 90.5 cm³/mol. The first-order chi connectivity index (χ1) is 11.6. The fourth-order valence-electron chi connectivity index (χ4n) is 3.31. The molecule has 6 nitrogen and oxygen atoms in total. The van der Waals surface area contributed by atoms with E-state index in [0.717, 1.165) is 31.5 Å². The molecule has 0 radical (unpaired) electrons. The van der Waals surface area contributed by atoms with E-state index in [0.29, 0.717) is 13.1 Å². The molecule has 1 aromatic carbocycles. The topological polar surface area (TPSA) is 61.9 Å². The van der Waals surface area contributed by atoms with Crippen LogP contribution in [-0.4, -0.2) is 60.6 Å². The third kappa shape index (κ3) is 4.06. The molecule has 2 heterocycles. The van der Waals surface area contributed by atoms with Crippen LogP contribution in [0.1, 0.15) is 31.4 Å². The normalized spacial score (nSPS) is 24.0. The molecule has 2 atom stereocenters. The summed E-state index contributed by atoms with van der Waals surface area (Å²) in [6, 6.07) is 9.72. The van der Waals surface area contributed by atoms with Gasteiger partial charge in [-0.05, 0) is 25.3 Å². The van der Waals surface area contributed by atoms with E-state index in [-0.39, 0.29) is 30.7 Å². The number of benzene rings is 1. The Labute approximate surface area is 142 Å². The molecule has 0 bridgehead atoms. The van der Waals surface area contributed by atoms with E-state index in [1.54, 1.807) is 4.90 Å². The standard InChI is InChI=1S/C18H25N3O3/c1-14-12-21(13-16(24-14)15-7-3-2-4-8-15)18(23)19-11-17(22)20-9-5-6-10-20/h2-4,7-8,14,16H,5-6,9-13H2,1H3,(H,19,23)/t14-,16+/m1/s1. The Kier molecular flexibility index (Phi) is 5.35. The number of hydrogen-bond donors (Lipinski definition) is 1. The Bertz CT molecular complexity index is 572. The number of amides is 3. The molecule has 0 spiro atoms. The quantitative estimate of drug-likeness (QED) is 0.918. The molecule has 3 amide bonds. The number of nitrogens with one attached hydrogen (secondary N) is 1. The minimum atomic E-state index is -0.196. The third-order valence-electron chi connectivity index (χ3n) is 4.57. The summed E-state index contributed by atoms with van der Waals surface area (Å²) in [5.74, 6) is 0.00164. The van der Waals surface area contributed by atoms with Gasteiger partial charge >= 0.3 is 6.03 Å². The van der Waals surface area contributed by atoms with Crippen molar-refractivity contribution < 1.29 is 14.3 Å². The molecule has 2 fully saturated rings. The number of carbonyl (C=O) groups excluding carboxylic acids is 2. The number of likely N-dealkylation sites (tertiary alicyclic amines) is 1. The van der Waals surface area contributed by atoms with E-state index in [4.69, 9.17) is 4.74 Å². The second kappa shape index (κ2) is 7.66. The summed E-state index contributed by atoms with van der Waals surface area (Å²) in [5, 5.41) is 2.76. The van der Waals surface area contributed by atoms with Crippen molar-refractivity contribution in [1.82, 2.24) is 15.1 Å². The van der Waals surface area contributed by atoms with Crippen molar-refractivity contribution in [2.75, 3.05) is 32.7 Å². The zero-order valence-corrected chi connectivity index (χ0v) is 14.1. The summed E-state index contributed by atoms with van der Waals surface area (Å²) in [5.41, 5.74) is 1.06. The van der Waals surface area contributed by atoms with Crippen LogP contribution in [0, 0.1) is 0 Å². The van der Waals surface area contributed by atoms with Crippen LogP contribution in [-0.2, 0) is 9.53 Å². The lowest BCUT2D eigenvalue weighted by molar-refractivity contribution is -0.129. The molecule has 1 N–H and O–H groups in total. The zero-order valence-electron chi connectivity index (χ0n) is 14.1. The van der Waals surface area contributed by atoms with Crippen LogP contribution in [0.2, 0.25) is 0 Å². The van der Waals surface area contributed by atoms with Crippen molar-refractivity contribution >= 4 is 11.9 Å². The number of rotatable bonds is 3. The summed E-state index contributed by atoms with van der Waals surface area (Å²) in [4.78, 5) is 28.0. The smallest absolute Gasteiger partial charge is 0.318 e. The van der Waals surface area contributed by atoms with Gasteiger partial charge in [0.25, 0.3) is 0 Å². The first-order valence-electron chi connectivity index (χ1n) is 8.64. The molecule has 2 aliphatic heterocycles. The second-order valence-corrected chi connectivity index (χ2v) is 6.50. The number of morpholine rings is 1. The fourth-order valence-corrected chi connectivity index (χ4v) is 3.31. The van der Waals surface area contributed by atoms with Gasteiger partial charge in [-0.1, -0.05) is 30.3 Å². The second-order valence-electron chi connectivity index (χ2n) is 6.50. The SMILES string of the molecule is C[C@@H]1CN(C(=O)NCC(=O)N2CCCC2)C[C@@H](c2ccccc2)O1. The van der Waals surface area contributed by atoms with Crippen LogP contribution in [0.4, 0.5) is 4.79 Å². The highest BCUT2D eigenvalue weighted by atomic mass is 16.5. The molecule has 2 aliphatic rings. The molecule has 3 rings (SSSR count). The first-order valence-corrected chi connectivity index (χ1v) is 8.64. The van der Waals surface area contributed by atoms with Gasteiger partial charge in [-0.15, -0.1) is 0 Å². The highest BCUT2D eigenvalue weighted by Gasteiger charge is 2.29. The maximum atomic E-state index is 12.4. The Morgan fingerprint density at radius 2 is 1.83 bits per heavy atom. The van der Waals surface area contributed by atoms with Crippen molar-refractivity contribution in [2.24, 2.45) is 0 Å². The molecule has 0 unspecified atom stereocenters. The van der Waals surface area contributed by atoms with Crippen LogP contribution in [0.25, 0.3) is 0 Å². The molecule has 0 aliphatic carbocycles. The van der Waals surface area contributed by atoms with E-state index in [2.05, 4.69) is 5.32 Å². The van der Waals surface area contributed by atoms with Gasteiger partial charge in [0.15, 0.2) is 0 Å². The monoisotopic (exact) mass is 331 g/mol. The summed E-state index contributed by atoms with van der Waals surface area (Å²) in [6.45, 7) is 4.68. The molecule has 0 aromatic heterocycles.